The van der Waals surface area contributed by atoms with Gasteiger partial charge in [0.25, 0.3) is 7.82 Å². The van der Waals surface area contributed by atoms with Crippen molar-refractivity contribution >= 4 is 99.4 Å². The molecular weight excluding hydrogens is 615 g/mol. The Morgan fingerprint density at radius 1 is 1.05 bits per heavy atom. The second-order valence-corrected chi connectivity index (χ2v) is 13.2. The van der Waals surface area contributed by atoms with Crippen molar-refractivity contribution in [2.45, 2.75) is 37.8 Å². The van der Waals surface area contributed by atoms with Crippen LogP contribution in [0, 0.1) is 0 Å². The summed E-state index contributed by atoms with van der Waals surface area (Å²) in [4.78, 5) is 32.3. The first-order valence-corrected chi connectivity index (χ1v) is 14.2. The summed E-state index contributed by atoms with van der Waals surface area (Å²) in [6, 6.07) is 8.53. The first-order valence-electron chi connectivity index (χ1n) is 10.3. The van der Waals surface area contributed by atoms with Gasteiger partial charge >= 0.3 is 37.7 Å². The number of hydrogen-bond donors (Lipinski definition) is 2. The van der Waals surface area contributed by atoms with Gasteiger partial charge in [-0.05, 0) is 45.0 Å². The van der Waals surface area contributed by atoms with Crippen LogP contribution in [0.5, 0.6) is 5.75 Å². The number of rotatable bonds is 8. The molecule has 0 amide bonds. The quantitative estimate of drug-likeness (QED) is 0.156. The Labute approximate surface area is 265 Å². The van der Waals surface area contributed by atoms with Gasteiger partial charge in [0.05, 0.1) is 32.6 Å². The van der Waals surface area contributed by atoms with E-state index in [0.29, 0.717) is 22.4 Å². The third-order valence-corrected chi connectivity index (χ3v) is 8.81. The van der Waals surface area contributed by atoms with E-state index in [1.807, 2.05) is 18.2 Å². The van der Waals surface area contributed by atoms with Crippen molar-refractivity contribution in [2.24, 2.45) is 0 Å². The summed E-state index contributed by atoms with van der Waals surface area (Å²) in [7, 11) is -8.83. The zero-order chi connectivity index (χ0) is 25.4. The Morgan fingerprint density at radius 3 is 2.35 bits per heavy atom. The van der Waals surface area contributed by atoms with E-state index in [2.05, 4.69) is 24.8 Å². The number of anilines is 2. The smallest absolute Gasteiger partial charge is 0.756 e. The Hall–Kier alpha value is -1.53. The predicted molar refractivity (Wildman–Crippen MR) is 154 cm³/mol. The van der Waals surface area contributed by atoms with Crippen molar-refractivity contribution in [3.8, 4) is 5.75 Å². The molecule has 18 heteroatoms. The molecule has 1 atom stereocenters. The molecule has 0 saturated carbocycles. The predicted octanol–water partition coefficient (Wildman–Crippen LogP) is 1.19. The van der Waals surface area contributed by atoms with Crippen molar-refractivity contribution in [1.29, 1.82) is 0 Å². The monoisotopic (exact) mass is 647 g/mol. The van der Waals surface area contributed by atoms with Gasteiger partial charge in [-0.25, -0.2) is 23.4 Å². The molecule has 14 nitrogen and oxygen atoms in total. The van der Waals surface area contributed by atoms with Gasteiger partial charge < -0.3 is 40.8 Å². The standard InChI is InChI=1S/C21H23N4O7PS2.CH4.Ca.3H2O/c1-21(2,3)35(29,30)19-9-14-15(10-17(19)31-6-7-32-33(26,27)28)22-11-23-20(14)25-13-4-5-18-16(8-13)24-12-34-18;;;;;/h4-5,8-12H,6-7H2,1-3H3,(H,22,23,25)(H2,26,27,28);1H4;;3*1H2/q;;+2;;;/p-1. The van der Waals surface area contributed by atoms with Crippen LogP contribution in [0.15, 0.2) is 47.1 Å². The Morgan fingerprint density at radius 2 is 1.73 bits per heavy atom. The van der Waals surface area contributed by atoms with E-state index in [4.69, 9.17) is 9.63 Å². The van der Waals surface area contributed by atoms with Gasteiger partial charge in [-0.2, -0.15) is 0 Å². The van der Waals surface area contributed by atoms with Crippen LogP contribution in [0.25, 0.3) is 21.1 Å². The minimum atomic E-state index is -4.93. The number of sulfone groups is 1. The molecule has 0 saturated heterocycles. The molecule has 2 heterocycles. The molecule has 0 aliphatic heterocycles. The topological polar surface area (TPSA) is 258 Å². The van der Waals surface area contributed by atoms with Gasteiger partial charge in [0.1, 0.15) is 29.4 Å². The van der Waals surface area contributed by atoms with Crippen molar-refractivity contribution in [2.75, 3.05) is 18.5 Å². The SMILES string of the molecule is C.CC(C)(C)S(=O)(=O)c1cc2c(Nc3ccc4scnc4c3)ncnc2cc1OCCOP(=O)([O-])O.O.O.O.[Ca+2]. The van der Waals surface area contributed by atoms with Gasteiger partial charge in [-0.15, -0.1) is 11.3 Å². The number of nitrogens with zero attached hydrogens (tertiary/aromatic N) is 3. The summed E-state index contributed by atoms with van der Waals surface area (Å²) in [6.45, 7) is 3.85. The molecule has 218 valence electrons. The van der Waals surface area contributed by atoms with Crippen molar-refractivity contribution in [1.82, 2.24) is 15.0 Å². The summed E-state index contributed by atoms with van der Waals surface area (Å²) in [5.74, 6) is 0.362. The van der Waals surface area contributed by atoms with Crippen LogP contribution < -0.4 is 14.9 Å². The number of nitrogens with one attached hydrogen (secondary N) is 1. The molecule has 0 fully saturated rings. The van der Waals surface area contributed by atoms with Crippen LogP contribution in [-0.2, 0) is 18.9 Å². The van der Waals surface area contributed by atoms with Crippen LogP contribution in [-0.4, -0.2) is 100 Å². The summed E-state index contributed by atoms with van der Waals surface area (Å²) >= 11 is 1.52. The van der Waals surface area contributed by atoms with E-state index in [-0.39, 0.29) is 78.8 Å². The normalized spacial score (nSPS) is 12.4. The van der Waals surface area contributed by atoms with E-state index >= 15 is 0 Å². The maximum atomic E-state index is 13.4. The molecular formula is C22H32CaN4O10PS2+. The molecule has 2 aromatic carbocycles. The van der Waals surface area contributed by atoms with Crippen LogP contribution >= 0.6 is 19.2 Å². The molecule has 40 heavy (non-hydrogen) atoms. The zero-order valence-electron chi connectivity index (χ0n) is 21.2. The van der Waals surface area contributed by atoms with Gasteiger partial charge in [0.15, 0.2) is 9.84 Å². The van der Waals surface area contributed by atoms with Crippen molar-refractivity contribution < 1.29 is 48.5 Å². The maximum absolute atomic E-state index is 13.4. The minimum absolute atomic E-state index is 0. The molecule has 4 rings (SSSR count). The number of thiazole rings is 1. The van der Waals surface area contributed by atoms with E-state index < -0.39 is 29.0 Å². The molecule has 0 aliphatic carbocycles. The summed E-state index contributed by atoms with van der Waals surface area (Å²) < 4.78 is 47.3. The number of benzene rings is 2. The van der Waals surface area contributed by atoms with E-state index in [1.165, 1.54) is 29.8 Å². The second-order valence-electron chi connectivity index (χ2n) is 8.46. The Balaban J connectivity index is 0. The fourth-order valence-corrected chi connectivity index (χ4v) is 5.47. The van der Waals surface area contributed by atoms with Crippen LogP contribution in [0.3, 0.4) is 0 Å². The van der Waals surface area contributed by atoms with Gasteiger partial charge in [-0.1, -0.05) is 7.43 Å². The number of hydrogen-bond acceptors (Lipinski definition) is 11. The molecule has 4 aromatic rings. The van der Waals surface area contributed by atoms with Crippen molar-refractivity contribution in [3.05, 3.63) is 42.2 Å². The molecule has 0 spiro atoms. The fraction of sp³-hybridized carbons (Fsp3) is 0.318. The van der Waals surface area contributed by atoms with Crippen LogP contribution in [0.4, 0.5) is 11.5 Å². The average molecular weight is 648 g/mol. The Bertz CT molecular complexity index is 1560. The van der Waals surface area contributed by atoms with Crippen molar-refractivity contribution in [3.63, 3.8) is 0 Å². The molecule has 0 radical (unpaired) electrons. The molecule has 2 aromatic heterocycles. The molecule has 1 unspecified atom stereocenters. The number of ether oxygens (including phenoxy) is 1. The van der Waals surface area contributed by atoms with Gasteiger partial charge in [0, 0.05) is 17.1 Å². The average Bonchev–Trinajstić information content (AvgIpc) is 3.23. The summed E-state index contributed by atoms with van der Waals surface area (Å²) in [5, 5.41) is 3.64. The third kappa shape index (κ3) is 9.24. The molecule has 0 aliphatic rings. The van der Waals surface area contributed by atoms with E-state index in [0.717, 1.165) is 10.2 Å². The summed E-state index contributed by atoms with van der Waals surface area (Å²) in [6.07, 6.45) is 1.33. The fourth-order valence-electron chi connectivity index (χ4n) is 3.19. The zero-order valence-corrected chi connectivity index (χ0v) is 25.9. The first kappa shape index (κ1) is 40.6. The second kappa shape index (κ2) is 15.6. The van der Waals surface area contributed by atoms with Gasteiger partial charge in [0.2, 0.25) is 0 Å². The largest absolute Gasteiger partial charge is 2.00 e. The molecule has 8 N–H and O–H groups in total. The number of phosphoric ester groups is 1. The first-order chi connectivity index (χ1) is 16.3. The summed E-state index contributed by atoms with van der Waals surface area (Å²) in [5.41, 5.74) is 3.68. The Kier molecular flexibility index (Phi) is 15.9. The van der Waals surface area contributed by atoms with E-state index in [1.54, 1.807) is 26.3 Å². The van der Waals surface area contributed by atoms with E-state index in [9.17, 15) is 17.9 Å². The number of fused-ring (bicyclic) bond motifs is 2. The molecule has 0 bridgehead atoms. The van der Waals surface area contributed by atoms with Gasteiger partial charge in [-0.3, -0.25) is 4.57 Å². The van der Waals surface area contributed by atoms with Crippen LogP contribution in [0.2, 0.25) is 0 Å². The minimum Gasteiger partial charge on any atom is -0.756 e. The third-order valence-electron chi connectivity index (χ3n) is 4.98. The number of phosphoric acid groups is 1. The van der Waals surface area contributed by atoms with Crippen LogP contribution in [0.1, 0.15) is 28.2 Å². The number of aromatic nitrogens is 3. The maximum Gasteiger partial charge on any atom is 2.00 e.